The minimum atomic E-state index is -0.764. The zero-order valence-electron chi connectivity index (χ0n) is 16.0. The summed E-state index contributed by atoms with van der Waals surface area (Å²) < 4.78 is 15.0. The molecular formula is C18H21Cl2N5O4S. The lowest BCUT2D eigenvalue weighted by atomic mass is 10.2. The second-order valence-electron chi connectivity index (χ2n) is 6.39. The van der Waals surface area contributed by atoms with Crippen LogP contribution in [-0.4, -0.2) is 60.6 Å². The Kier molecular flexibility index (Phi) is 8.11. The van der Waals surface area contributed by atoms with Crippen molar-refractivity contribution in [2.24, 2.45) is 5.73 Å². The molecule has 1 aliphatic heterocycles. The van der Waals surface area contributed by atoms with Crippen molar-refractivity contribution >= 4 is 51.7 Å². The van der Waals surface area contributed by atoms with E-state index in [4.69, 9.17) is 38.4 Å². The van der Waals surface area contributed by atoms with Crippen molar-refractivity contribution < 1.29 is 19.1 Å². The maximum Gasteiger partial charge on any atom is 0.319 e. The average Bonchev–Trinajstić information content (AvgIpc) is 3.12. The zero-order chi connectivity index (χ0) is 21.5. The molecule has 0 atom stereocenters. The van der Waals surface area contributed by atoms with Gasteiger partial charge in [-0.3, -0.25) is 15.0 Å². The Morgan fingerprint density at radius 3 is 2.80 bits per heavy atom. The number of hydrogen-bond donors (Lipinski definition) is 3. The maximum absolute atomic E-state index is 12.2. The van der Waals surface area contributed by atoms with Crippen LogP contribution in [0, 0.1) is 0 Å². The molecule has 162 valence electrons. The van der Waals surface area contributed by atoms with Gasteiger partial charge in [-0.2, -0.15) is 4.37 Å². The van der Waals surface area contributed by atoms with Gasteiger partial charge in [0.15, 0.2) is 0 Å². The standard InChI is InChI=1S/C18H21Cl2N5O4S/c19-12-3-1-2-11(14(12)20)10-29-16-13(15(21)26)17(30-24-16)23-18(27)22-4-5-25-6-8-28-9-7-25/h1-3H,4-10H2,(H2,21,26)(H2,22,23,27). The first-order valence-corrected chi connectivity index (χ1v) is 10.7. The predicted molar refractivity (Wildman–Crippen MR) is 116 cm³/mol. The quantitative estimate of drug-likeness (QED) is 0.541. The molecule has 4 N–H and O–H groups in total. The highest BCUT2D eigenvalue weighted by Crippen LogP contribution is 2.32. The van der Waals surface area contributed by atoms with Gasteiger partial charge in [0.2, 0.25) is 5.88 Å². The number of primary amides is 1. The number of amides is 3. The van der Waals surface area contributed by atoms with E-state index in [1.807, 2.05) is 0 Å². The van der Waals surface area contributed by atoms with E-state index in [1.54, 1.807) is 18.2 Å². The number of rotatable bonds is 8. The number of hydrogen-bond acceptors (Lipinski definition) is 7. The van der Waals surface area contributed by atoms with Crippen LogP contribution in [0.25, 0.3) is 0 Å². The molecule has 30 heavy (non-hydrogen) atoms. The molecule has 0 spiro atoms. The molecule has 3 rings (SSSR count). The normalized spacial score (nSPS) is 14.3. The molecule has 3 amide bonds. The molecular weight excluding hydrogens is 453 g/mol. The lowest BCUT2D eigenvalue weighted by Crippen LogP contribution is -2.42. The van der Waals surface area contributed by atoms with E-state index in [0.717, 1.165) is 24.6 Å². The summed E-state index contributed by atoms with van der Waals surface area (Å²) in [7, 11) is 0. The van der Waals surface area contributed by atoms with Gasteiger partial charge in [0, 0.05) is 31.7 Å². The van der Waals surface area contributed by atoms with E-state index in [1.165, 1.54) is 0 Å². The van der Waals surface area contributed by atoms with Crippen molar-refractivity contribution in [2.75, 3.05) is 44.7 Å². The van der Waals surface area contributed by atoms with Crippen molar-refractivity contribution in [1.82, 2.24) is 14.6 Å². The molecule has 0 bridgehead atoms. The van der Waals surface area contributed by atoms with Crippen molar-refractivity contribution in [3.63, 3.8) is 0 Å². The Labute approximate surface area is 187 Å². The number of carbonyl (C=O) groups excluding carboxylic acids is 2. The third kappa shape index (κ3) is 5.96. The number of nitrogens with two attached hydrogens (primary N) is 1. The Hall–Kier alpha value is -2.11. The van der Waals surface area contributed by atoms with Crippen LogP contribution in [0.5, 0.6) is 5.88 Å². The first kappa shape index (κ1) is 22.6. The fourth-order valence-corrected chi connectivity index (χ4v) is 3.89. The van der Waals surface area contributed by atoms with Gasteiger partial charge < -0.3 is 20.5 Å². The molecule has 1 aromatic heterocycles. The second-order valence-corrected chi connectivity index (χ2v) is 7.95. The minimum absolute atomic E-state index is 0.00137. The van der Waals surface area contributed by atoms with Crippen molar-refractivity contribution in [3.8, 4) is 5.88 Å². The Balaban J connectivity index is 1.57. The molecule has 2 heterocycles. The van der Waals surface area contributed by atoms with Crippen LogP contribution < -0.4 is 21.1 Å². The van der Waals surface area contributed by atoms with Crippen LogP contribution >= 0.6 is 34.7 Å². The molecule has 1 fully saturated rings. The lowest BCUT2D eigenvalue weighted by molar-refractivity contribution is 0.0388. The summed E-state index contributed by atoms with van der Waals surface area (Å²) in [5.41, 5.74) is 6.10. The van der Waals surface area contributed by atoms with Crippen LogP contribution in [0.4, 0.5) is 9.80 Å². The smallest absolute Gasteiger partial charge is 0.319 e. The summed E-state index contributed by atoms with van der Waals surface area (Å²) in [4.78, 5) is 26.3. The number of halogens is 2. The summed E-state index contributed by atoms with van der Waals surface area (Å²) >= 11 is 13.0. The molecule has 0 radical (unpaired) electrons. The van der Waals surface area contributed by atoms with Crippen LogP contribution in [0.2, 0.25) is 10.0 Å². The molecule has 9 nitrogen and oxygen atoms in total. The van der Waals surface area contributed by atoms with Crippen molar-refractivity contribution in [2.45, 2.75) is 6.61 Å². The number of aromatic nitrogens is 1. The van der Waals surface area contributed by atoms with Gasteiger partial charge in [0.1, 0.15) is 17.2 Å². The van der Waals surface area contributed by atoms with Gasteiger partial charge in [0.25, 0.3) is 5.91 Å². The number of nitrogens with zero attached hydrogens (tertiary/aromatic N) is 2. The predicted octanol–water partition coefficient (Wildman–Crippen LogP) is 2.58. The fraction of sp³-hybridized carbons (Fsp3) is 0.389. The second kappa shape index (κ2) is 10.8. The Morgan fingerprint density at radius 1 is 1.30 bits per heavy atom. The Bertz CT molecular complexity index is 905. The molecule has 1 aliphatic rings. The van der Waals surface area contributed by atoms with E-state index < -0.39 is 11.9 Å². The molecule has 1 aromatic carbocycles. The summed E-state index contributed by atoms with van der Waals surface area (Å²) in [6.45, 7) is 4.25. The SMILES string of the molecule is NC(=O)c1c(OCc2cccc(Cl)c2Cl)nsc1NC(=O)NCCN1CCOCC1. The number of nitrogens with one attached hydrogen (secondary N) is 2. The highest BCUT2D eigenvalue weighted by atomic mass is 35.5. The third-order valence-electron chi connectivity index (χ3n) is 4.35. The van der Waals surface area contributed by atoms with Gasteiger partial charge in [0.05, 0.1) is 23.3 Å². The van der Waals surface area contributed by atoms with Gasteiger partial charge in [-0.1, -0.05) is 35.3 Å². The number of benzene rings is 1. The van der Waals surface area contributed by atoms with E-state index >= 15 is 0 Å². The molecule has 12 heteroatoms. The molecule has 1 saturated heterocycles. The lowest BCUT2D eigenvalue weighted by Gasteiger charge is -2.26. The first-order chi connectivity index (χ1) is 14.5. The summed E-state index contributed by atoms with van der Waals surface area (Å²) in [6.07, 6.45) is 0. The highest BCUT2D eigenvalue weighted by Gasteiger charge is 2.22. The first-order valence-electron chi connectivity index (χ1n) is 9.16. The number of morpholine rings is 1. The van der Waals surface area contributed by atoms with E-state index in [2.05, 4.69) is 19.9 Å². The van der Waals surface area contributed by atoms with Gasteiger partial charge in [-0.25, -0.2) is 4.79 Å². The van der Waals surface area contributed by atoms with Crippen molar-refractivity contribution in [1.29, 1.82) is 0 Å². The van der Waals surface area contributed by atoms with Crippen LogP contribution in [0.3, 0.4) is 0 Å². The summed E-state index contributed by atoms with van der Waals surface area (Å²) in [5.74, 6) is -0.744. The zero-order valence-corrected chi connectivity index (χ0v) is 18.3. The largest absolute Gasteiger partial charge is 0.472 e. The topological polar surface area (TPSA) is 119 Å². The number of ether oxygens (including phenoxy) is 2. The van der Waals surface area contributed by atoms with Crippen LogP contribution in [0.1, 0.15) is 15.9 Å². The van der Waals surface area contributed by atoms with Crippen LogP contribution in [0.15, 0.2) is 18.2 Å². The maximum atomic E-state index is 12.2. The summed E-state index contributed by atoms with van der Waals surface area (Å²) in [6, 6.07) is 4.67. The molecule has 2 aromatic rings. The average molecular weight is 474 g/mol. The Morgan fingerprint density at radius 2 is 2.07 bits per heavy atom. The monoisotopic (exact) mass is 473 g/mol. The number of anilines is 1. The van der Waals surface area contributed by atoms with E-state index in [-0.39, 0.29) is 23.1 Å². The highest BCUT2D eigenvalue weighted by molar-refractivity contribution is 7.11. The minimum Gasteiger partial charge on any atom is -0.472 e. The van der Waals surface area contributed by atoms with Crippen molar-refractivity contribution in [3.05, 3.63) is 39.4 Å². The van der Waals surface area contributed by atoms with Gasteiger partial charge >= 0.3 is 6.03 Å². The third-order valence-corrected chi connectivity index (χ3v) is 5.95. The number of carbonyl (C=O) groups is 2. The number of urea groups is 1. The molecule has 0 unspecified atom stereocenters. The molecule has 0 aliphatic carbocycles. The fourth-order valence-electron chi connectivity index (χ4n) is 2.78. The van der Waals surface area contributed by atoms with E-state index in [0.29, 0.717) is 41.9 Å². The van der Waals surface area contributed by atoms with Crippen LogP contribution in [-0.2, 0) is 11.3 Å². The molecule has 0 saturated carbocycles. The van der Waals surface area contributed by atoms with Gasteiger partial charge in [-0.05, 0) is 17.6 Å². The van der Waals surface area contributed by atoms with Gasteiger partial charge in [-0.15, -0.1) is 0 Å². The van der Waals surface area contributed by atoms with E-state index in [9.17, 15) is 9.59 Å². The summed E-state index contributed by atoms with van der Waals surface area (Å²) in [5, 5.41) is 6.30.